The molecule has 0 bridgehead atoms. The van der Waals surface area contributed by atoms with E-state index in [1.807, 2.05) is 19.1 Å². The molecule has 0 radical (unpaired) electrons. The van der Waals surface area contributed by atoms with E-state index < -0.39 is 43.3 Å². The summed E-state index contributed by atoms with van der Waals surface area (Å²) in [4.78, 5) is 12.2. The summed E-state index contributed by atoms with van der Waals surface area (Å²) < 4.78 is 16.1. The first kappa shape index (κ1) is 22.4. The SMILES string of the molecule is Cc1ccc(C(=O)Oc2ccc(CCO[C@@H]3O[C@H](CO)[C@@H](O)[C@H](O)[C@H]3O)cc2)cc1. The van der Waals surface area contributed by atoms with Crippen LogP contribution in [0.15, 0.2) is 48.5 Å². The molecule has 1 aliphatic rings. The van der Waals surface area contributed by atoms with Crippen molar-refractivity contribution < 1.29 is 39.4 Å². The topological polar surface area (TPSA) is 126 Å². The average Bonchev–Trinajstić information content (AvgIpc) is 2.75. The Morgan fingerprint density at radius 2 is 1.63 bits per heavy atom. The molecule has 162 valence electrons. The fourth-order valence-electron chi connectivity index (χ4n) is 3.08. The Bertz CT molecular complexity index is 818. The minimum atomic E-state index is -1.47. The van der Waals surface area contributed by atoms with Crippen LogP contribution in [0.4, 0.5) is 0 Å². The minimum Gasteiger partial charge on any atom is -0.423 e. The molecule has 5 atom stereocenters. The summed E-state index contributed by atoms with van der Waals surface area (Å²) in [5.41, 5.74) is 2.43. The van der Waals surface area contributed by atoms with E-state index in [9.17, 15) is 25.2 Å². The Morgan fingerprint density at radius 3 is 2.27 bits per heavy atom. The van der Waals surface area contributed by atoms with Crippen LogP contribution in [0.2, 0.25) is 0 Å². The van der Waals surface area contributed by atoms with Crippen LogP contribution in [0.5, 0.6) is 5.75 Å². The predicted octanol–water partition coefficient (Wildman–Crippen LogP) is 0.573. The monoisotopic (exact) mass is 418 g/mol. The van der Waals surface area contributed by atoms with Gasteiger partial charge in [0.05, 0.1) is 18.8 Å². The number of rotatable bonds is 7. The first-order valence-electron chi connectivity index (χ1n) is 9.69. The summed E-state index contributed by atoms with van der Waals surface area (Å²) in [6.45, 7) is 1.61. The second kappa shape index (κ2) is 10.1. The molecule has 0 aromatic heterocycles. The van der Waals surface area contributed by atoms with Crippen molar-refractivity contribution >= 4 is 5.97 Å². The van der Waals surface area contributed by atoms with E-state index in [0.717, 1.165) is 11.1 Å². The molecule has 3 rings (SSSR count). The van der Waals surface area contributed by atoms with Gasteiger partial charge in [-0.15, -0.1) is 0 Å². The second-order valence-corrected chi connectivity index (χ2v) is 7.22. The minimum absolute atomic E-state index is 0.172. The molecular formula is C22H26O8. The van der Waals surface area contributed by atoms with Crippen LogP contribution in [0.25, 0.3) is 0 Å². The van der Waals surface area contributed by atoms with Gasteiger partial charge in [-0.1, -0.05) is 29.8 Å². The zero-order valence-electron chi connectivity index (χ0n) is 16.5. The predicted molar refractivity (Wildman–Crippen MR) is 106 cm³/mol. The lowest BCUT2D eigenvalue weighted by Crippen LogP contribution is -2.59. The molecule has 0 aliphatic carbocycles. The number of carbonyl (C=O) groups is 1. The maximum atomic E-state index is 12.2. The van der Waals surface area contributed by atoms with Crippen LogP contribution in [0.3, 0.4) is 0 Å². The molecule has 8 heteroatoms. The number of ether oxygens (including phenoxy) is 3. The number of aliphatic hydroxyl groups excluding tert-OH is 4. The van der Waals surface area contributed by atoms with Crippen LogP contribution in [0, 0.1) is 6.92 Å². The van der Waals surface area contributed by atoms with Gasteiger partial charge in [0.15, 0.2) is 6.29 Å². The van der Waals surface area contributed by atoms with Crippen molar-refractivity contribution in [3.63, 3.8) is 0 Å². The summed E-state index contributed by atoms with van der Waals surface area (Å²) >= 11 is 0. The number of hydrogen-bond donors (Lipinski definition) is 4. The molecule has 0 amide bonds. The van der Waals surface area contributed by atoms with Crippen molar-refractivity contribution in [2.24, 2.45) is 0 Å². The van der Waals surface area contributed by atoms with Crippen molar-refractivity contribution in [2.45, 2.75) is 44.1 Å². The van der Waals surface area contributed by atoms with Crippen molar-refractivity contribution in [2.75, 3.05) is 13.2 Å². The van der Waals surface area contributed by atoms with E-state index in [0.29, 0.717) is 17.7 Å². The third kappa shape index (κ3) is 5.42. The largest absolute Gasteiger partial charge is 0.423 e. The first-order chi connectivity index (χ1) is 14.4. The van der Waals surface area contributed by atoms with E-state index in [4.69, 9.17) is 14.2 Å². The number of carbonyl (C=O) groups excluding carboxylic acids is 1. The Hall–Kier alpha value is -2.33. The molecule has 2 aromatic carbocycles. The lowest BCUT2D eigenvalue weighted by Gasteiger charge is -2.39. The molecule has 4 N–H and O–H groups in total. The van der Waals surface area contributed by atoms with Crippen molar-refractivity contribution in [3.05, 3.63) is 65.2 Å². The highest BCUT2D eigenvalue weighted by molar-refractivity contribution is 5.91. The number of esters is 1. The third-order valence-electron chi connectivity index (χ3n) is 4.94. The van der Waals surface area contributed by atoms with Crippen LogP contribution < -0.4 is 4.74 Å². The number of benzene rings is 2. The van der Waals surface area contributed by atoms with Gasteiger partial charge in [0.25, 0.3) is 0 Å². The molecule has 1 fully saturated rings. The van der Waals surface area contributed by atoms with Crippen LogP contribution in [0.1, 0.15) is 21.5 Å². The lowest BCUT2D eigenvalue weighted by atomic mass is 9.99. The smallest absolute Gasteiger partial charge is 0.343 e. The maximum absolute atomic E-state index is 12.2. The number of aryl methyl sites for hydroxylation is 1. The zero-order valence-corrected chi connectivity index (χ0v) is 16.5. The summed E-state index contributed by atoms with van der Waals surface area (Å²) in [6, 6.07) is 14.0. The molecular weight excluding hydrogens is 392 g/mol. The van der Waals surface area contributed by atoms with Crippen molar-refractivity contribution in [3.8, 4) is 5.75 Å². The van der Waals surface area contributed by atoms with Crippen LogP contribution in [-0.2, 0) is 15.9 Å². The summed E-state index contributed by atoms with van der Waals surface area (Å²) in [7, 11) is 0. The fourth-order valence-corrected chi connectivity index (χ4v) is 3.08. The molecule has 2 aromatic rings. The van der Waals surface area contributed by atoms with Gasteiger partial charge in [0.1, 0.15) is 30.2 Å². The molecule has 8 nitrogen and oxygen atoms in total. The van der Waals surface area contributed by atoms with Gasteiger partial charge < -0.3 is 34.6 Å². The van der Waals surface area contributed by atoms with Gasteiger partial charge in [-0.25, -0.2) is 4.79 Å². The number of hydrogen-bond acceptors (Lipinski definition) is 8. The Balaban J connectivity index is 1.49. The summed E-state index contributed by atoms with van der Waals surface area (Å²) in [5.74, 6) is -0.0205. The molecule has 30 heavy (non-hydrogen) atoms. The number of aliphatic hydroxyl groups is 4. The standard InChI is InChI=1S/C22H26O8/c1-13-2-6-15(7-3-13)21(27)29-16-8-4-14(5-9-16)10-11-28-22-20(26)19(25)18(24)17(12-23)30-22/h2-9,17-20,22-26H,10-12H2,1H3/t17-,18-,19+,20-,22-/m1/s1. The fraction of sp³-hybridized carbons (Fsp3) is 0.409. The zero-order chi connectivity index (χ0) is 21.7. The van der Waals surface area contributed by atoms with Gasteiger partial charge in [-0.05, 0) is 43.2 Å². The second-order valence-electron chi connectivity index (χ2n) is 7.22. The molecule has 1 heterocycles. The van der Waals surface area contributed by atoms with Gasteiger partial charge in [0.2, 0.25) is 0 Å². The molecule has 1 saturated heterocycles. The average molecular weight is 418 g/mol. The van der Waals surface area contributed by atoms with Gasteiger partial charge in [0, 0.05) is 0 Å². The summed E-state index contributed by atoms with van der Waals surface area (Å²) in [5, 5.41) is 38.7. The Morgan fingerprint density at radius 1 is 0.967 bits per heavy atom. The normalized spacial score (nSPS) is 26.4. The van der Waals surface area contributed by atoms with E-state index >= 15 is 0 Å². The van der Waals surface area contributed by atoms with E-state index in [1.54, 1.807) is 36.4 Å². The van der Waals surface area contributed by atoms with Gasteiger partial charge in [-0.3, -0.25) is 0 Å². The highest BCUT2D eigenvalue weighted by Crippen LogP contribution is 2.22. The molecule has 1 aliphatic heterocycles. The quantitative estimate of drug-likeness (QED) is 0.380. The van der Waals surface area contributed by atoms with Crippen LogP contribution in [-0.4, -0.2) is 70.3 Å². The van der Waals surface area contributed by atoms with Crippen molar-refractivity contribution in [1.82, 2.24) is 0 Å². The van der Waals surface area contributed by atoms with Gasteiger partial charge in [-0.2, -0.15) is 0 Å². The van der Waals surface area contributed by atoms with E-state index in [1.165, 1.54) is 0 Å². The first-order valence-corrected chi connectivity index (χ1v) is 9.69. The van der Waals surface area contributed by atoms with E-state index in [2.05, 4.69) is 0 Å². The maximum Gasteiger partial charge on any atom is 0.343 e. The highest BCUT2D eigenvalue weighted by atomic mass is 16.7. The Labute approximate surface area is 174 Å². The van der Waals surface area contributed by atoms with Crippen molar-refractivity contribution in [1.29, 1.82) is 0 Å². The highest BCUT2D eigenvalue weighted by Gasteiger charge is 2.43. The van der Waals surface area contributed by atoms with E-state index in [-0.39, 0.29) is 6.61 Å². The van der Waals surface area contributed by atoms with Crippen LogP contribution >= 0.6 is 0 Å². The third-order valence-corrected chi connectivity index (χ3v) is 4.94. The Kier molecular flexibility index (Phi) is 7.54. The molecule has 0 saturated carbocycles. The molecule has 0 unspecified atom stereocenters. The summed E-state index contributed by atoms with van der Waals surface area (Å²) in [6.07, 6.45) is -6.00. The van der Waals surface area contributed by atoms with Gasteiger partial charge >= 0.3 is 5.97 Å². The lowest BCUT2D eigenvalue weighted by molar-refractivity contribution is -0.300. The molecule has 0 spiro atoms.